The third-order valence-electron chi connectivity index (χ3n) is 5.17. The van der Waals surface area contributed by atoms with Crippen LogP contribution in [-0.2, 0) is 22.4 Å². The quantitative estimate of drug-likeness (QED) is 0.373. The molecule has 0 fully saturated rings. The first-order valence-corrected chi connectivity index (χ1v) is 11.3. The van der Waals surface area contributed by atoms with Crippen molar-refractivity contribution in [1.82, 2.24) is 5.32 Å². The van der Waals surface area contributed by atoms with E-state index in [-0.39, 0.29) is 22.3 Å². The van der Waals surface area contributed by atoms with Crippen molar-refractivity contribution in [3.63, 3.8) is 0 Å². The normalized spacial score (nSPS) is 14.7. The molecule has 2 aromatic rings. The summed E-state index contributed by atoms with van der Waals surface area (Å²) in [4.78, 5) is 37.5. The largest absolute Gasteiger partial charge is 0.444 e. The molecule has 1 amide bonds. The average Bonchev–Trinajstić information content (AvgIpc) is 2.67. The van der Waals surface area contributed by atoms with Gasteiger partial charge >= 0.3 is 17.7 Å². The maximum absolute atomic E-state index is 12.9. The molecule has 1 unspecified atom stereocenters. The van der Waals surface area contributed by atoms with E-state index in [4.69, 9.17) is 25.5 Å². The third-order valence-corrected chi connectivity index (χ3v) is 5.46. The van der Waals surface area contributed by atoms with Gasteiger partial charge in [-0.1, -0.05) is 25.4 Å². The van der Waals surface area contributed by atoms with Gasteiger partial charge in [-0.2, -0.15) is 0 Å². The molecule has 1 N–H and O–H groups in total. The van der Waals surface area contributed by atoms with Crippen LogP contribution in [0.1, 0.15) is 65.0 Å². The van der Waals surface area contributed by atoms with Crippen LogP contribution in [0.3, 0.4) is 0 Å². The number of ether oxygens (including phenoxy) is 2. The van der Waals surface area contributed by atoms with Crippen molar-refractivity contribution < 1.29 is 23.5 Å². The summed E-state index contributed by atoms with van der Waals surface area (Å²) >= 11 is 6.42. The predicted octanol–water partition coefficient (Wildman–Crippen LogP) is 5.17. The Hall–Kier alpha value is -2.54. The molecule has 1 atom stereocenters. The van der Waals surface area contributed by atoms with Gasteiger partial charge in [0.15, 0.2) is 5.75 Å². The maximum Gasteiger partial charge on any atom is 0.408 e. The van der Waals surface area contributed by atoms with Gasteiger partial charge in [-0.15, -0.1) is 0 Å². The molecule has 32 heavy (non-hydrogen) atoms. The molecule has 8 heteroatoms. The molecule has 0 spiro atoms. The molecule has 174 valence electrons. The number of hydrogen-bond donors (Lipinski definition) is 1. The van der Waals surface area contributed by atoms with Crippen LogP contribution in [0.15, 0.2) is 21.3 Å². The van der Waals surface area contributed by atoms with E-state index in [9.17, 15) is 14.4 Å². The number of carbonyl (C=O) groups excluding carboxylic acids is 2. The molecule has 0 saturated carbocycles. The highest BCUT2D eigenvalue weighted by Crippen LogP contribution is 2.34. The van der Waals surface area contributed by atoms with Gasteiger partial charge in [-0.25, -0.2) is 14.4 Å². The highest BCUT2D eigenvalue weighted by Gasteiger charge is 2.28. The Morgan fingerprint density at radius 2 is 1.81 bits per heavy atom. The Morgan fingerprint density at radius 3 is 2.44 bits per heavy atom. The highest BCUT2D eigenvalue weighted by molar-refractivity contribution is 6.33. The van der Waals surface area contributed by atoms with E-state index in [1.165, 1.54) is 6.07 Å². The first-order valence-electron chi connectivity index (χ1n) is 10.9. The van der Waals surface area contributed by atoms with Crippen LogP contribution >= 0.6 is 11.6 Å². The van der Waals surface area contributed by atoms with E-state index in [1.807, 2.05) is 13.8 Å². The fourth-order valence-corrected chi connectivity index (χ4v) is 4.04. The summed E-state index contributed by atoms with van der Waals surface area (Å²) in [6, 6.07) is 2.21. The smallest absolute Gasteiger partial charge is 0.408 e. The zero-order valence-corrected chi connectivity index (χ0v) is 19.9. The number of halogens is 1. The first-order chi connectivity index (χ1) is 14.9. The van der Waals surface area contributed by atoms with Crippen LogP contribution in [0.2, 0.25) is 5.02 Å². The SMILES string of the molecule is CC(C)CC(NC(=O)OC(C)(C)C)C(=O)Oc1cc2oc(=O)c3c(c2cc1Cl)CCCC3. The number of carbonyl (C=O) groups is 2. The number of amides is 1. The summed E-state index contributed by atoms with van der Waals surface area (Å²) in [5, 5.41) is 3.57. The van der Waals surface area contributed by atoms with Crippen LogP contribution in [-0.4, -0.2) is 23.7 Å². The summed E-state index contributed by atoms with van der Waals surface area (Å²) in [5.74, 6) is -0.493. The Bertz CT molecular complexity index is 1080. The predicted molar refractivity (Wildman–Crippen MR) is 122 cm³/mol. The fraction of sp³-hybridized carbons (Fsp3) is 0.542. The molecule has 1 aliphatic rings. The van der Waals surface area contributed by atoms with Gasteiger partial charge in [-0.05, 0) is 70.4 Å². The number of esters is 1. The van der Waals surface area contributed by atoms with Crippen LogP contribution in [0.5, 0.6) is 5.75 Å². The Morgan fingerprint density at radius 1 is 1.16 bits per heavy atom. The van der Waals surface area contributed by atoms with Crippen molar-refractivity contribution in [3.8, 4) is 5.75 Å². The summed E-state index contributed by atoms with van der Waals surface area (Å²) in [6.45, 7) is 9.08. The summed E-state index contributed by atoms with van der Waals surface area (Å²) < 4.78 is 16.3. The monoisotopic (exact) mass is 463 g/mol. The van der Waals surface area contributed by atoms with Crippen molar-refractivity contribution in [1.29, 1.82) is 0 Å². The van der Waals surface area contributed by atoms with Crippen LogP contribution in [0.25, 0.3) is 11.0 Å². The lowest BCUT2D eigenvalue weighted by molar-refractivity contribution is -0.137. The van der Waals surface area contributed by atoms with E-state index < -0.39 is 23.7 Å². The van der Waals surface area contributed by atoms with Gasteiger partial charge in [0.2, 0.25) is 0 Å². The summed E-state index contributed by atoms with van der Waals surface area (Å²) in [5.41, 5.74) is 0.906. The maximum atomic E-state index is 12.9. The minimum absolute atomic E-state index is 0.0721. The zero-order chi connectivity index (χ0) is 23.6. The second-order valence-corrected chi connectivity index (χ2v) is 9.99. The van der Waals surface area contributed by atoms with Gasteiger partial charge in [0.25, 0.3) is 0 Å². The lowest BCUT2D eigenvalue weighted by atomic mass is 9.90. The number of benzene rings is 1. The van der Waals surface area contributed by atoms with Gasteiger partial charge < -0.3 is 19.2 Å². The number of alkyl carbamates (subject to hydrolysis) is 1. The molecule has 0 bridgehead atoms. The van der Waals surface area contributed by atoms with E-state index in [2.05, 4.69) is 5.32 Å². The summed E-state index contributed by atoms with van der Waals surface area (Å²) in [6.07, 6.45) is 3.06. The van der Waals surface area contributed by atoms with E-state index in [0.717, 1.165) is 30.2 Å². The second-order valence-electron chi connectivity index (χ2n) is 9.58. The second kappa shape index (κ2) is 9.53. The van der Waals surface area contributed by atoms with Gasteiger partial charge in [-0.3, -0.25) is 0 Å². The van der Waals surface area contributed by atoms with Gasteiger partial charge in [0.05, 0.1) is 5.02 Å². The standard InChI is InChI=1S/C24H30ClNO6/c1-13(2)10-18(26-23(29)32-24(3,4)5)22(28)31-20-12-19-16(11-17(20)25)14-8-6-7-9-15(14)21(27)30-19/h11-13,18H,6-10H2,1-5H3,(H,26,29). The molecule has 0 aliphatic heterocycles. The molecule has 0 saturated heterocycles. The van der Waals surface area contributed by atoms with Crippen molar-refractivity contribution in [3.05, 3.63) is 38.7 Å². The van der Waals surface area contributed by atoms with Crippen LogP contribution in [0, 0.1) is 5.92 Å². The highest BCUT2D eigenvalue weighted by atomic mass is 35.5. The number of aryl methyl sites for hydroxylation is 1. The van der Waals surface area contributed by atoms with Crippen molar-refractivity contribution >= 4 is 34.6 Å². The number of hydrogen-bond acceptors (Lipinski definition) is 6. The van der Waals surface area contributed by atoms with Crippen LogP contribution < -0.4 is 15.7 Å². The number of fused-ring (bicyclic) bond motifs is 3. The lowest BCUT2D eigenvalue weighted by Crippen LogP contribution is -2.45. The van der Waals surface area contributed by atoms with E-state index in [0.29, 0.717) is 24.0 Å². The van der Waals surface area contributed by atoms with Crippen molar-refractivity contribution in [2.45, 2.75) is 78.4 Å². The Kier molecular flexibility index (Phi) is 7.18. The van der Waals surface area contributed by atoms with Gasteiger partial charge in [0, 0.05) is 17.0 Å². The van der Waals surface area contributed by atoms with E-state index >= 15 is 0 Å². The molecular weight excluding hydrogens is 434 g/mol. The number of nitrogens with one attached hydrogen (secondary N) is 1. The number of rotatable bonds is 5. The van der Waals surface area contributed by atoms with Gasteiger partial charge in [0.1, 0.15) is 17.2 Å². The molecule has 1 aromatic carbocycles. The molecule has 0 radical (unpaired) electrons. The fourth-order valence-electron chi connectivity index (χ4n) is 3.84. The molecule has 1 aromatic heterocycles. The topological polar surface area (TPSA) is 94.8 Å². The molecule has 3 rings (SSSR count). The first kappa shape index (κ1) is 24.1. The molecule has 1 heterocycles. The molecule has 1 aliphatic carbocycles. The van der Waals surface area contributed by atoms with Crippen molar-refractivity contribution in [2.75, 3.05) is 0 Å². The Labute approximate surface area is 192 Å². The minimum Gasteiger partial charge on any atom is -0.444 e. The molecule has 7 nitrogen and oxygen atoms in total. The zero-order valence-electron chi connectivity index (χ0n) is 19.2. The average molecular weight is 464 g/mol. The molecular formula is C24H30ClNO6. The summed E-state index contributed by atoms with van der Waals surface area (Å²) in [7, 11) is 0. The third kappa shape index (κ3) is 5.82. The van der Waals surface area contributed by atoms with Crippen LogP contribution in [0.4, 0.5) is 4.79 Å². The Balaban J connectivity index is 1.87. The lowest BCUT2D eigenvalue weighted by Gasteiger charge is -2.24. The minimum atomic E-state index is -0.924. The van der Waals surface area contributed by atoms with Crippen molar-refractivity contribution in [2.24, 2.45) is 5.92 Å². The van der Waals surface area contributed by atoms with E-state index in [1.54, 1.807) is 26.8 Å².